The molecule has 0 fully saturated rings. The molecular weight excluding hydrogens is 488 g/mol. The summed E-state index contributed by atoms with van der Waals surface area (Å²) in [4.78, 5) is 5.16. The molecule has 3 nitrogen and oxygen atoms in total. The fraction of sp³-hybridized carbons (Fsp3) is 0. The van der Waals surface area contributed by atoms with E-state index in [-0.39, 0.29) is 0 Å². The second-order valence-electron chi connectivity index (χ2n) is 10.4. The molecule has 3 heterocycles. The molecule has 0 unspecified atom stereocenters. The van der Waals surface area contributed by atoms with Crippen molar-refractivity contribution in [3.63, 3.8) is 0 Å². The number of rotatable bonds is 2. The molecule has 9 rings (SSSR count). The Hall–Kier alpha value is -5.41. The van der Waals surface area contributed by atoms with Crippen LogP contribution < -0.4 is 5.32 Å². The maximum atomic E-state index is 6.29. The van der Waals surface area contributed by atoms with Crippen LogP contribution >= 0.6 is 0 Å². The average Bonchev–Trinajstić information content (AvgIpc) is 3.40. The lowest BCUT2D eigenvalue weighted by atomic mass is 9.93. The third kappa shape index (κ3) is 3.03. The summed E-state index contributed by atoms with van der Waals surface area (Å²) in [6.07, 6.45) is 0. The van der Waals surface area contributed by atoms with Gasteiger partial charge < -0.3 is 9.73 Å². The van der Waals surface area contributed by atoms with E-state index < -0.39 is 0 Å². The van der Waals surface area contributed by atoms with Gasteiger partial charge in [-0.3, -0.25) is 0 Å². The van der Waals surface area contributed by atoms with E-state index in [9.17, 15) is 0 Å². The molecule has 40 heavy (non-hydrogen) atoms. The van der Waals surface area contributed by atoms with Gasteiger partial charge in [-0.25, -0.2) is 4.98 Å². The molecule has 186 valence electrons. The smallest absolute Gasteiger partial charge is 0.143 e. The third-order valence-corrected chi connectivity index (χ3v) is 8.21. The topological polar surface area (TPSA) is 38.1 Å². The zero-order chi connectivity index (χ0) is 26.2. The minimum absolute atomic E-state index is 0.920. The monoisotopic (exact) mass is 510 g/mol. The molecule has 0 radical (unpaired) electrons. The van der Waals surface area contributed by atoms with E-state index in [1.807, 2.05) is 12.1 Å². The Morgan fingerprint density at radius 2 is 1.20 bits per heavy atom. The number of furan rings is 1. The van der Waals surface area contributed by atoms with E-state index in [1.54, 1.807) is 0 Å². The number of pyridine rings is 1. The first-order valence-corrected chi connectivity index (χ1v) is 13.6. The summed E-state index contributed by atoms with van der Waals surface area (Å²) in [7, 11) is 0. The second kappa shape index (κ2) is 8.05. The van der Waals surface area contributed by atoms with Crippen molar-refractivity contribution in [2.75, 3.05) is 5.32 Å². The number of nitrogens with one attached hydrogen (secondary N) is 1. The zero-order valence-electron chi connectivity index (χ0n) is 21.5. The summed E-state index contributed by atoms with van der Waals surface area (Å²) in [5.41, 5.74) is 11.9. The van der Waals surface area contributed by atoms with E-state index in [0.717, 1.165) is 66.6 Å². The van der Waals surface area contributed by atoms with Gasteiger partial charge in [-0.2, -0.15) is 0 Å². The Morgan fingerprint density at radius 3 is 2.15 bits per heavy atom. The lowest BCUT2D eigenvalue weighted by Gasteiger charge is -2.22. The summed E-state index contributed by atoms with van der Waals surface area (Å²) < 4.78 is 6.29. The first kappa shape index (κ1) is 21.5. The standard InChI is InChI=1S/C37H22N2O/c1-3-12-31-29(8-1)36-35-27(10-6-13-33(35)38-31)30-21-24(19-20-32(30)39-36)22-15-17-23(18-16-22)25-9-5-11-28-26-7-2-4-14-34(26)40-37(25)28/h1-21,38H. The van der Waals surface area contributed by atoms with Gasteiger partial charge in [0.2, 0.25) is 0 Å². The van der Waals surface area contributed by atoms with E-state index in [1.165, 1.54) is 21.9 Å². The van der Waals surface area contributed by atoms with Crippen molar-refractivity contribution in [1.29, 1.82) is 0 Å². The lowest BCUT2D eigenvalue weighted by molar-refractivity contribution is 0.670. The van der Waals surface area contributed by atoms with Gasteiger partial charge in [0.05, 0.1) is 11.2 Å². The fourth-order valence-electron chi connectivity index (χ4n) is 6.30. The van der Waals surface area contributed by atoms with Gasteiger partial charge >= 0.3 is 0 Å². The van der Waals surface area contributed by atoms with Crippen LogP contribution in [0.1, 0.15) is 0 Å². The van der Waals surface area contributed by atoms with Gasteiger partial charge in [0.15, 0.2) is 0 Å². The highest BCUT2D eigenvalue weighted by Crippen LogP contribution is 2.45. The van der Waals surface area contributed by atoms with Crippen LogP contribution in [0.3, 0.4) is 0 Å². The molecule has 0 aliphatic carbocycles. The number of hydrogen-bond donors (Lipinski definition) is 1. The molecule has 1 aliphatic heterocycles. The molecule has 1 N–H and O–H groups in total. The van der Waals surface area contributed by atoms with Crippen molar-refractivity contribution in [2.24, 2.45) is 0 Å². The normalized spacial score (nSPS) is 12.2. The highest BCUT2D eigenvalue weighted by molar-refractivity contribution is 6.19. The molecular formula is C37H22N2O. The molecule has 8 aromatic rings. The fourth-order valence-corrected chi connectivity index (χ4v) is 6.30. The van der Waals surface area contributed by atoms with Crippen LogP contribution in [0.2, 0.25) is 0 Å². The zero-order valence-corrected chi connectivity index (χ0v) is 21.5. The Bertz CT molecular complexity index is 2290. The van der Waals surface area contributed by atoms with Gasteiger partial charge in [0.1, 0.15) is 11.2 Å². The molecule has 0 saturated carbocycles. The minimum Gasteiger partial charge on any atom is -0.455 e. The summed E-state index contributed by atoms with van der Waals surface area (Å²) >= 11 is 0. The van der Waals surface area contributed by atoms with E-state index in [2.05, 4.69) is 121 Å². The van der Waals surface area contributed by atoms with E-state index in [4.69, 9.17) is 9.40 Å². The van der Waals surface area contributed by atoms with Crippen molar-refractivity contribution in [3.8, 4) is 33.5 Å². The predicted molar refractivity (Wildman–Crippen MR) is 166 cm³/mol. The number of benzene rings is 6. The summed E-state index contributed by atoms with van der Waals surface area (Å²) in [5.74, 6) is 0. The van der Waals surface area contributed by atoms with Crippen LogP contribution in [0.4, 0.5) is 11.4 Å². The molecule has 0 atom stereocenters. The first-order chi connectivity index (χ1) is 19.8. The molecule has 3 heteroatoms. The van der Waals surface area contributed by atoms with Crippen LogP contribution in [-0.4, -0.2) is 4.98 Å². The van der Waals surface area contributed by atoms with Crippen LogP contribution in [0.5, 0.6) is 0 Å². The second-order valence-corrected chi connectivity index (χ2v) is 10.4. The van der Waals surface area contributed by atoms with Crippen LogP contribution in [0.25, 0.3) is 77.1 Å². The SMILES string of the molecule is c1ccc2c(c1)Nc1cccc3c1c-2nc1ccc(-c2ccc(-c4cccc5c4oc4ccccc45)cc2)cc13. The van der Waals surface area contributed by atoms with Crippen LogP contribution in [-0.2, 0) is 0 Å². The maximum Gasteiger partial charge on any atom is 0.143 e. The van der Waals surface area contributed by atoms with Gasteiger partial charge in [0.25, 0.3) is 0 Å². The molecule has 0 spiro atoms. The summed E-state index contributed by atoms with van der Waals surface area (Å²) in [6.45, 7) is 0. The maximum absolute atomic E-state index is 6.29. The predicted octanol–water partition coefficient (Wildman–Crippen LogP) is 10.3. The Balaban J connectivity index is 1.17. The van der Waals surface area contributed by atoms with Crippen molar-refractivity contribution in [2.45, 2.75) is 0 Å². The highest BCUT2D eigenvalue weighted by atomic mass is 16.3. The number of fused-ring (bicyclic) bond motifs is 7. The molecule has 1 aliphatic rings. The largest absolute Gasteiger partial charge is 0.455 e. The number of aromatic nitrogens is 1. The Labute approximate surface area is 230 Å². The van der Waals surface area contributed by atoms with Crippen molar-refractivity contribution < 1.29 is 4.42 Å². The van der Waals surface area contributed by atoms with Gasteiger partial charge in [-0.15, -0.1) is 0 Å². The van der Waals surface area contributed by atoms with Gasteiger partial charge in [0, 0.05) is 44.0 Å². The molecule has 0 amide bonds. The average molecular weight is 511 g/mol. The van der Waals surface area contributed by atoms with Gasteiger partial charge in [-0.1, -0.05) is 97.1 Å². The summed E-state index contributed by atoms with van der Waals surface area (Å²) in [6, 6.07) is 44.9. The lowest BCUT2D eigenvalue weighted by Crippen LogP contribution is -2.03. The van der Waals surface area contributed by atoms with E-state index >= 15 is 0 Å². The molecule has 2 aromatic heterocycles. The number of hydrogen-bond acceptors (Lipinski definition) is 3. The molecule has 0 saturated heterocycles. The molecule has 6 aromatic carbocycles. The number of para-hydroxylation sites is 3. The quantitative estimate of drug-likeness (QED) is 0.235. The number of nitrogens with zero attached hydrogens (tertiary/aromatic N) is 1. The van der Waals surface area contributed by atoms with Crippen LogP contribution in [0.15, 0.2) is 132 Å². The first-order valence-electron chi connectivity index (χ1n) is 13.6. The third-order valence-electron chi connectivity index (χ3n) is 8.21. The number of anilines is 2. The molecule has 0 bridgehead atoms. The van der Waals surface area contributed by atoms with Crippen molar-refractivity contribution in [1.82, 2.24) is 4.98 Å². The van der Waals surface area contributed by atoms with E-state index in [0.29, 0.717) is 0 Å². The van der Waals surface area contributed by atoms with Crippen molar-refractivity contribution >= 4 is 55.0 Å². The summed E-state index contributed by atoms with van der Waals surface area (Å²) in [5, 5.41) is 9.47. The Morgan fingerprint density at radius 1 is 0.500 bits per heavy atom. The highest BCUT2D eigenvalue weighted by Gasteiger charge is 2.21. The van der Waals surface area contributed by atoms with Gasteiger partial charge in [-0.05, 0) is 52.4 Å². The van der Waals surface area contributed by atoms with Crippen LogP contribution in [0, 0.1) is 0 Å². The minimum atomic E-state index is 0.920. The van der Waals surface area contributed by atoms with Crippen molar-refractivity contribution in [3.05, 3.63) is 127 Å². The Kier molecular flexibility index (Phi) is 4.33.